The molecule has 2 heterocycles. The molecule has 0 aromatic carbocycles. The average molecular weight is 241 g/mol. The van der Waals surface area contributed by atoms with Crippen molar-refractivity contribution >= 4 is 23.1 Å². The van der Waals surface area contributed by atoms with Gasteiger partial charge in [0.25, 0.3) is 0 Å². The molecule has 0 spiro atoms. The molecule has 0 aliphatic heterocycles. The number of nitrogens with zero attached hydrogens (tertiary/aromatic N) is 6. The van der Waals surface area contributed by atoms with Crippen LogP contribution in [0.1, 0.15) is 13.3 Å². The molecule has 0 bridgehead atoms. The van der Waals surface area contributed by atoms with Gasteiger partial charge in [-0.05, 0) is 35.9 Å². The Morgan fingerprint density at radius 3 is 3.06 bits per heavy atom. The summed E-state index contributed by atoms with van der Waals surface area (Å²) < 4.78 is 1.41. The predicted octanol–water partition coefficient (Wildman–Crippen LogP) is 0.973. The van der Waals surface area contributed by atoms with Gasteiger partial charge in [-0.2, -0.15) is 0 Å². The van der Waals surface area contributed by atoms with Crippen LogP contribution in [0.15, 0.2) is 12.1 Å². The summed E-state index contributed by atoms with van der Waals surface area (Å²) in [6.07, 6.45) is 0.910. The third kappa shape index (κ3) is 2.38. The number of aromatic nitrogens is 5. The Hall–Kier alpha value is -1.43. The fraction of sp³-hybridized carbons (Fsp3) is 0.556. The first-order valence-electron chi connectivity index (χ1n) is 5.07. The van der Waals surface area contributed by atoms with E-state index in [9.17, 15) is 0 Å². The van der Waals surface area contributed by atoms with Crippen molar-refractivity contribution < 1.29 is 0 Å². The second kappa shape index (κ2) is 4.61. The maximum absolute atomic E-state index is 5.90. The van der Waals surface area contributed by atoms with Gasteiger partial charge in [0.05, 0.1) is 0 Å². The first-order valence-corrected chi connectivity index (χ1v) is 5.51. The molecular weight excluding hydrogens is 228 g/mol. The minimum Gasteiger partial charge on any atom is -0.358 e. The molecular formula is C9H13ClN6. The second-order valence-corrected chi connectivity index (χ2v) is 4.45. The van der Waals surface area contributed by atoms with E-state index in [1.165, 1.54) is 4.63 Å². The van der Waals surface area contributed by atoms with E-state index in [1.807, 2.05) is 31.0 Å². The number of halogens is 1. The molecule has 0 aliphatic rings. The molecule has 0 fully saturated rings. The molecule has 1 unspecified atom stereocenters. The minimum absolute atomic E-state index is 0.166. The summed E-state index contributed by atoms with van der Waals surface area (Å²) in [4.78, 5) is 2.03. The molecule has 86 valence electrons. The Bertz CT molecular complexity index is 468. The topological polar surface area (TPSA) is 59.2 Å². The molecule has 1 atom stereocenters. The lowest BCUT2D eigenvalue weighted by molar-refractivity contribution is 0.707. The van der Waals surface area contributed by atoms with Crippen LogP contribution in [0.2, 0.25) is 0 Å². The third-order valence-corrected chi connectivity index (χ3v) is 2.53. The summed E-state index contributed by atoms with van der Waals surface area (Å²) in [7, 11) is 1.97. The Labute approximate surface area is 98.2 Å². The zero-order valence-corrected chi connectivity index (χ0v) is 9.96. The minimum atomic E-state index is 0.166. The molecule has 2 aromatic rings. The highest BCUT2D eigenvalue weighted by molar-refractivity contribution is 6.20. The van der Waals surface area contributed by atoms with E-state index >= 15 is 0 Å². The van der Waals surface area contributed by atoms with Gasteiger partial charge in [0.1, 0.15) is 0 Å². The van der Waals surface area contributed by atoms with Gasteiger partial charge in [0.15, 0.2) is 11.5 Å². The molecule has 2 rings (SSSR count). The van der Waals surface area contributed by atoms with E-state index < -0.39 is 0 Å². The lowest BCUT2D eigenvalue weighted by Gasteiger charge is -2.17. The Balaban J connectivity index is 2.12. The number of hydrogen-bond donors (Lipinski definition) is 0. The second-order valence-electron chi connectivity index (χ2n) is 3.71. The molecule has 2 aromatic heterocycles. The van der Waals surface area contributed by atoms with Crippen LogP contribution in [0.3, 0.4) is 0 Å². The lowest BCUT2D eigenvalue weighted by atomic mass is 10.3. The first kappa shape index (κ1) is 11.1. The van der Waals surface area contributed by atoms with Gasteiger partial charge in [0.2, 0.25) is 0 Å². The van der Waals surface area contributed by atoms with Gasteiger partial charge in [-0.1, -0.05) is 0 Å². The van der Waals surface area contributed by atoms with Crippen molar-refractivity contribution in [3.8, 4) is 0 Å². The SMILES string of the molecule is CC(Cl)CCN(C)c1ccc2nnnn2n1. The molecule has 0 radical (unpaired) electrons. The van der Waals surface area contributed by atoms with E-state index in [1.54, 1.807) is 0 Å². The van der Waals surface area contributed by atoms with Gasteiger partial charge < -0.3 is 4.90 Å². The predicted molar refractivity (Wildman–Crippen MR) is 61.8 cm³/mol. The quantitative estimate of drug-likeness (QED) is 0.746. The van der Waals surface area contributed by atoms with Crippen molar-refractivity contribution in [1.29, 1.82) is 0 Å². The summed E-state index contributed by atoms with van der Waals surface area (Å²) in [6, 6.07) is 3.73. The fourth-order valence-electron chi connectivity index (χ4n) is 1.33. The van der Waals surface area contributed by atoms with Gasteiger partial charge in [0, 0.05) is 19.0 Å². The highest BCUT2D eigenvalue weighted by atomic mass is 35.5. The summed E-state index contributed by atoms with van der Waals surface area (Å²) in [6.45, 7) is 2.83. The van der Waals surface area contributed by atoms with Crippen LogP contribution in [0, 0.1) is 0 Å². The molecule has 0 saturated carbocycles. The molecule has 6 nitrogen and oxygen atoms in total. The number of alkyl halides is 1. The van der Waals surface area contributed by atoms with Crippen molar-refractivity contribution in [2.24, 2.45) is 0 Å². The zero-order chi connectivity index (χ0) is 11.5. The normalized spacial score (nSPS) is 12.9. The van der Waals surface area contributed by atoms with Crippen molar-refractivity contribution in [2.75, 3.05) is 18.5 Å². The Morgan fingerprint density at radius 2 is 2.31 bits per heavy atom. The van der Waals surface area contributed by atoms with Crippen molar-refractivity contribution in [2.45, 2.75) is 18.7 Å². The maximum atomic E-state index is 5.90. The van der Waals surface area contributed by atoms with Gasteiger partial charge in [-0.3, -0.25) is 0 Å². The van der Waals surface area contributed by atoms with Gasteiger partial charge >= 0.3 is 0 Å². The summed E-state index contributed by atoms with van der Waals surface area (Å²) in [5.41, 5.74) is 0.642. The highest BCUT2D eigenvalue weighted by Crippen LogP contribution is 2.10. The largest absolute Gasteiger partial charge is 0.358 e. The van der Waals surface area contributed by atoms with Crippen molar-refractivity contribution in [3.63, 3.8) is 0 Å². The lowest BCUT2D eigenvalue weighted by Crippen LogP contribution is -2.22. The van der Waals surface area contributed by atoms with E-state index in [-0.39, 0.29) is 5.38 Å². The number of anilines is 1. The highest BCUT2D eigenvalue weighted by Gasteiger charge is 2.06. The summed E-state index contributed by atoms with van der Waals surface area (Å²) in [5.74, 6) is 0.831. The maximum Gasteiger partial charge on any atom is 0.200 e. The Morgan fingerprint density at radius 1 is 1.50 bits per heavy atom. The van der Waals surface area contributed by atoms with Crippen LogP contribution >= 0.6 is 11.6 Å². The average Bonchev–Trinajstić information content (AvgIpc) is 2.72. The number of tetrazole rings is 1. The molecule has 0 N–H and O–H groups in total. The number of fused-ring (bicyclic) bond motifs is 1. The summed E-state index contributed by atoms with van der Waals surface area (Å²) >= 11 is 5.90. The van der Waals surface area contributed by atoms with Gasteiger partial charge in [-0.25, -0.2) is 0 Å². The fourth-order valence-corrected chi connectivity index (χ4v) is 1.43. The van der Waals surface area contributed by atoms with Crippen LogP contribution in [0.4, 0.5) is 5.82 Å². The molecule has 7 heteroatoms. The van der Waals surface area contributed by atoms with E-state index in [0.717, 1.165) is 18.8 Å². The Kier molecular flexibility index (Phi) is 3.19. The number of rotatable bonds is 4. The van der Waals surface area contributed by atoms with E-state index in [2.05, 4.69) is 20.6 Å². The molecule has 16 heavy (non-hydrogen) atoms. The smallest absolute Gasteiger partial charge is 0.200 e. The standard InChI is InChI=1S/C9H13ClN6/c1-7(10)5-6-15(2)9-4-3-8-11-13-14-16(8)12-9/h3-4,7H,5-6H2,1-2H3. The molecule has 0 aliphatic carbocycles. The molecule has 0 amide bonds. The van der Waals surface area contributed by atoms with E-state index in [0.29, 0.717) is 5.65 Å². The van der Waals surface area contributed by atoms with Crippen LogP contribution in [-0.4, -0.2) is 44.2 Å². The van der Waals surface area contributed by atoms with Crippen LogP contribution in [0.25, 0.3) is 5.65 Å². The van der Waals surface area contributed by atoms with Crippen LogP contribution < -0.4 is 4.90 Å². The number of hydrogen-bond acceptors (Lipinski definition) is 5. The van der Waals surface area contributed by atoms with Gasteiger partial charge in [-0.15, -0.1) is 26.4 Å². The molecule has 0 saturated heterocycles. The van der Waals surface area contributed by atoms with Crippen LogP contribution in [0.5, 0.6) is 0 Å². The van der Waals surface area contributed by atoms with Crippen molar-refractivity contribution in [1.82, 2.24) is 25.3 Å². The van der Waals surface area contributed by atoms with E-state index in [4.69, 9.17) is 11.6 Å². The summed E-state index contributed by atoms with van der Waals surface area (Å²) in [5, 5.41) is 15.5. The monoisotopic (exact) mass is 240 g/mol. The van der Waals surface area contributed by atoms with Crippen molar-refractivity contribution in [3.05, 3.63) is 12.1 Å². The first-order chi connectivity index (χ1) is 7.66. The third-order valence-electron chi connectivity index (χ3n) is 2.31. The zero-order valence-electron chi connectivity index (χ0n) is 9.21. The van der Waals surface area contributed by atoms with Crippen LogP contribution in [-0.2, 0) is 0 Å².